The number of amides is 2. The van der Waals surface area contributed by atoms with E-state index in [0.29, 0.717) is 0 Å². The number of carbonyl (C=O) groups excluding carboxylic acids is 2. The van der Waals surface area contributed by atoms with Gasteiger partial charge in [0.2, 0.25) is 0 Å². The molecule has 0 aromatic rings. The molecular weight excluding hydrogens is 229 g/mol. The minimum atomic E-state index is -4.86. The van der Waals surface area contributed by atoms with Crippen LogP contribution in [0.1, 0.15) is 0 Å². The second-order valence-corrected chi connectivity index (χ2v) is 1.72. The average molecular weight is 233 g/mol. The molecule has 0 aliphatic rings. The second-order valence-electron chi connectivity index (χ2n) is 1.72. The number of hydrogen-bond donors (Lipinski definition) is 2. The van der Waals surface area contributed by atoms with E-state index in [1.54, 1.807) is 0 Å². The Morgan fingerprint density at radius 2 is 0.800 bits per heavy atom. The molecule has 0 saturated heterocycles. The summed E-state index contributed by atoms with van der Waals surface area (Å²) in [5.74, 6) is -4.51. The smallest absolute Gasteiger partial charge is 0.362 e. The number of carbonyl (C=O) groups is 2. The number of nitrogens with two attached hydrogens (primary N) is 2. The number of rotatable bonds is 0. The Balaban J connectivity index is -0.000000180. The van der Waals surface area contributed by atoms with Gasteiger partial charge in [0, 0.05) is 18.9 Å². The first-order valence-electron chi connectivity index (χ1n) is 2.62. The van der Waals surface area contributed by atoms with Crippen LogP contribution in [0.15, 0.2) is 0 Å². The molecule has 0 unspecified atom stereocenters. The zero-order valence-electron chi connectivity index (χ0n) is 7.24. The molecule has 1 radical (unpaired) electrons. The third-order valence-corrected chi connectivity index (χ3v) is 0.559. The zero-order chi connectivity index (χ0) is 12.2. The molecule has 0 aliphatic heterocycles. The van der Waals surface area contributed by atoms with Crippen LogP contribution in [0, 0.1) is 0 Å². The van der Waals surface area contributed by atoms with Crippen LogP contribution < -0.4 is 11.5 Å². The molecule has 0 fully saturated rings. The molecule has 0 aromatic carbocycles. The van der Waals surface area contributed by atoms with E-state index in [2.05, 4.69) is 11.5 Å². The van der Waals surface area contributed by atoms with Crippen molar-refractivity contribution >= 4 is 30.7 Å². The van der Waals surface area contributed by atoms with Crippen LogP contribution in [-0.4, -0.2) is 43.0 Å². The van der Waals surface area contributed by atoms with Crippen molar-refractivity contribution in [3.05, 3.63) is 0 Å². The fourth-order valence-electron chi connectivity index (χ4n) is 0. The largest absolute Gasteiger partial charge is 0.470 e. The monoisotopic (exact) mass is 233 g/mol. The van der Waals surface area contributed by atoms with Crippen molar-refractivity contribution in [2.45, 2.75) is 12.4 Å². The molecule has 0 saturated carbocycles. The molecule has 4 N–H and O–H groups in total. The first kappa shape index (κ1) is 19.7. The van der Waals surface area contributed by atoms with Crippen LogP contribution in [0.4, 0.5) is 26.3 Å². The number of primary amides is 2. The Hall–Kier alpha value is -0.883. The Bertz CT molecular complexity index is 200. The fraction of sp³-hybridized carbons (Fsp3) is 0.500. The van der Waals surface area contributed by atoms with Crippen LogP contribution in [0.2, 0.25) is 0 Å². The quantitative estimate of drug-likeness (QED) is 0.444. The second kappa shape index (κ2) is 6.57. The molecule has 0 bridgehead atoms. The van der Waals surface area contributed by atoms with Gasteiger partial charge in [0.15, 0.2) is 0 Å². The SMILES string of the molecule is NC(=O)C(F)(F)F.NC(=O)C(F)(F)F.[Li]. The molecular formula is C4H4F6LiN2O2. The summed E-state index contributed by atoms with van der Waals surface area (Å²) in [5, 5.41) is 0. The Labute approximate surface area is 91.1 Å². The van der Waals surface area contributed by atoms with Gasteiger partial charge in [-0.1, -0.05) is 0 Å². The maximum atomic E-state index is 10.7. The Morgan fingerprint density at radius 3 is 0.800 bits per heavy atom. The van der Waals surface area contributed by atoms with E-state index in [1.807, 2.05) is 0 Å². The van der Waals surface area contributed by atoms with Gasteiger partial charge < -0.3 is 11.5 Å². The first-order valence-corrected chi connectivity index (χ1v) is 2.62. The van der Waals surface area contributed by atoms with E-state index in [0.717, 1.165) is 0 Å². The Morgan fingerprint density at radius 1 is 0.733 bits per heavy atom. The summed E-state index contributed by atoms with van der Waals surface area (Å²) >= 11 is 0. The molecule has 0 atom stereocenters. The first-order chi connectivity index (χ1) is 5.89. The van der Waals surface area contributed by atoms with Crippen LogP contribution in [0.25, 0.3) is 0 Å². The van der Waals surface area contributed by atoms with Gasteiger partial charge in [0.1, 0.15) is 0 Å². The Kier molecular flexibility index (Phi) is 8.61. The van der Waals surface area contributed by atoms with Crippen molar-refractivity contribution in [2.24, 2.45) is 11.5 Å². The molecule has 85 valence electrons. The van der Waals surface area contributed by atoms with Crippen molar-refractivity contribution in [3.63, 3.8) is 0 Å². The molecule has 11 heteroatoms. The summed E-state index contributed by atoms with van der Waals surface area (Å²) in [7, 11) is 0. The minimum Gasteiger partial charge on any atom is -0.362 e. The van der Waals surface area contributed by atoms with Crippen LogP contribution in [0.3, 0.4) is 0 Å². The van der Waals surface area contributed by atoms with Gasteiger partial charge in [-0.3, -0.25) is 9.59 Å². The van der Waals surface area contributed by atoms with Crippen LogP contribution >= 0.6 is 0 Å². The van der Waals surface area contributed by atoms with Gasteiger partial charge in [-0.15, -0.1) is 0 Å². The van der Waals surface area contributed by atoms with E-state index in [4.69, 9.17) is 9.59 Å². The van der Waals surface area contributed by atoms with Crippen LogP contribution in [-0.2, 0) is 9.59 Å². The summed E-state index contributed by atoms with van der Waals surface area (Å²) in [5.41, 5.74) is 7.61. The summed E-state index contributed by atoms with van der Waals surface area (Å²) < 4.78 is 64.2. The summed E-state index contributed by atoms with van der Waals surface area (Å²) in [6.45, 7) is 0. The zero-order valence-corrected chi connectivity index (χ0v) is 7.24. The van der Waals surface area contributed by atoms with E-state index in [9.17, 15) is 26.3 Å². The summed E-state index contributed by atoms with van der Waals surface area (Å²) in [4.78, 5) is 18.2. The topological polar surface area (TPSA) is 86.2 Å². The van der Waals surface area contributed by atoms with E-state index in [-0.39, 0.29) is 18.9 Å². The minimum absolute atomic E-state index is 0. The molecule has 15 heavy (non-hydrogen) atoms. The predicted octanol–water partition coefficient (Wildman–Crippen LogP) is -0.313. The summed E-state index contributed by atoms with van der Waals surface area (Å²) in [6.07, 6.45) is -9.72. The maximum Gasteiger partial charge on any atom is 0.470 e. The van der Waals surface area contributed by atoms with E-state index < -0.39 is 24.2 Å². The van der Waals surface area contributed by atoms with Gasteiger partial charge in [-0.25, -0.2) is 0 Å². The molecule has 0 aromatic heterocycles. The van der Waals surface area contributed by atoms with Crippen molar-refractivity contribution in [3.8, 4) is 0 Å². The normalized spacial score (nSPS) is 10.5. The molecule has 0 aliphatic carbocycles. The number of hydrogen-bond acceptors (Lipinski definition) is 2. The van der Waals surface area contributed by atoms with Gasteiger partial charge in [-0.2, -0.15) is 26.3 Å². The van der Waals surface area contributed by atoms with Crippen molar-refractivity contribution < 1.29 is 35.9 Å². The maximum absolute atomic E-state index is 10.7. The third kappa shape index (κ3) is 13.1. The molecule has 0 rings (SSSR count). The van der Waals surface area contributed by atoms with Gasteiger partial charge in [0.05, 0.1) is 0 Å². The van der Waals surface area contributed by atoms with Gasteiger partial charge in [-0.05, 0) is 0 Å². The van der Waals surface area contributed by atoms with Crippen molar-refractivity contribution in [1.82, 2.24) is 0 Å². The third-order valence-electron chi connectivity index (χ3n) is 0.559. The van der Waals surface area contributed by atoms with Crippen molar-refractivity contribution in [2.75, 3.05) is 0 Å². The average Bonchev–Trinajstić information content (AvgIpc) is 1.83. The molecule has 0 heterocycles. The van der Waals surface area contributed by atoms with Crippen LogP contribution in [0.5, 0.6) is 0 Å². The summed E-state index contributed by atoms with van der Waals surface area (Å²) in [6, 6.07) is 0. The molecule has 2 amide bonds. The standard InChI is InChI=1S/2C2H2F3NO.Li/c2*3-2(4,5)1(6)7;/h2*(H2,6,7);. The number of alkyl halides is 6. The predicted molar refractivity (Wildman–Crippen MR) is 36.3 cm³/mol. The molecule has 4 nitrogen and oxygen atoms in total. The van der Waals surface area contributed by atoms with Gasteiger partial charge in [0.25, 0.3) is 0 Å². The molecule has 0 spiro atoms. The van der Waals surface area contributed by atoms with Gasteiger partial charge >= 0.3 is 24.2 Å². The van der Waals surface area contributed by atoms with Crippen molar-refractivity contribution in [1.29, 1.82) is 0 Å². The van der Waals surface area contributed by atoms with E-state index >= 15 is 0 Å². The van der Waals surface area contributed by atoms with E-state index in [1.165, 1.54) is 0 Å². The fourth-order valence-corrected chi connectivity index (χ4v) is 0. The number of halogens is 6.